The molecule has 1 atom stereocenters. The Bertz CT molecular complexity index is 405. The molecule has 0 aliphatic heterocycles. The van der Waals surface area contributed by atoms with Gasteiger partial charge in [-0.1, -0.05) is 48.3 Å². The van der Waals surface area contributed by atoms with E-state index in [0.717, 1.165) is 16.5 Å². The molecule has 0 spiro atoms. The molecule has 2 rings (SSSR count). The smallest absolute Gasteiger partial charge is 0.140 e. The van der Waals surface area contributed by atoms with Gasteiger partial charge >= 0.3 is 0 Å². The highest BCUT2D eigenvalue weighted by Gasteiger charge is 2.38. The molecule has 2 heteroatoms. The molecule has 0 amide bonds. The quantitative estimate of drug-likeness (QED) is 0.808. The van der Waals surface area contributed by atoms with Crippen LogP contribution in [0, 0.1) is 11.3 Å². The molecule has 92 valence electrons. The summed E-state index contributed by atoms with van der Waals surface area (Å²) in [5.41, 5.74) is 1.33. The first-order valence-electron chi connectivity index (χ1n) is 6.26. The summed E-state index contributed by atoms with van der Waals surface area (Å²) < 4.78 is 1.06. The van der Waals surface area contributed by atoms with Gasteiger partial charge in [-0.25, -0.2) is 0 Å². The highest BCUT2D eigenvalue weighted by molar-refractivity contribution is 9.10. The van der Waals surface area contributed by atoms with Crippen LogP contribution in [0.25, 0.3) is 0 Å². The van der Waals surface area contributed by atoms with E-state index in [4.69, 9.17) is 0 Å². The Morgan fingerprint density at radius 3 is 2.53 bits per heavy atom. The summed E-state index contributed by atoms with van der Waals surface area (Å²) in [5.74, 6) is 0.668. The van der Waals surface area contributed by atoms with Crippen LogP contribution in [-0.4, -0.2) is 5.78 Å². The molecule has 0 heterocycles. The Morgan fingerprint density at radius 1 is 1.35 bits per heavy atom. The van der Waals surface area contributed by atoms with Crippen LogP contribution < -0.4 is 0 Å². The summed E-state index contributed by atoms with van der Waals surface area (Å²) in [6.45, 7) is 4.45. The normalized spacial score (nSPS) is 22.6. The number of halogens is 1. The predicted molar refractivity (Wildman–Crippen MR) is 74.0 cm³/mol. The minimum absolute atomic E-state index is 0.201. The van der Waals surface area contributed by atoms with Crippen LogP contribution in [0.1, 0.15) is 38.7 Å². The average Bonchev–Trinajstić information content (AvgIpc) is 2.61. The van der Waals surface area contributed by atoms with Gasteiger partial charge in [-0.05, 0) is 36.0 Å². The van der Waals surface area contributed by atoms with Gasteiger partial charge in [0.2, 0.25) is 0 Å². The number of benzene rings is 1. The Kier molecular flexibility index (Phi) is 3.72. The molecule has 1 unspecified atom stereocenters. The van der Waals surface area contributed by atoms with Crippen molar-refractivity contribution in [2.75, 3.05) is 0 Å². The number of Topliss-reactive ketones (excluding diaryl/α,β-unsaturated/α-hetero) is 1. The van der Waals surface area contributed by atoms with E-state index in [1.54, 1.807) is 0 Å². The molecule has 1 fully saturated rings. The van der Waals surface area contributed by atoms with Gasteiger partial charge in [-0.15, -0.1) is 0 Å². The van der Waals surface area contributed by atoms with E-state index >= 15 is 0 Å². The lowest BCUT2D eigenvalue weighted by molar-refractivity contribution is -0.124. The van der Waals surface area contributed by atoms with Gasteiger partial charge in [0.05, 0.1) is 0 Å². The Hall–Kier alpha value is -0.630. The van der Waals surface area contributed by atoms with E-state index in [-0.39, 0.29) is 11.3 Å². The molecule has 1 aliphatic rings. The highest BCUT2D eigenvalue weighted by atomic mass is 79.9. The van der Waals surface area contributed by atoms with Crippen molar-refractivity contribution < 1.29 is 4.79 Å². The molecule has 1 saturated carbocycles. The lowest BCUT2D eigenvalue weighted by Gasteiger charge is -2.25. The molecular weight excluding hydrogens is 276 g/mol. The highest BCUT2D eigenvalue weighted by Crippen LogP contribution is 2.43. The van der Waals surface area contributed by atoms with Crippen LogP contribution in [0.2, 0.25) is 0 Å². The summed E-state index contributed by atoms with van der Waals surface area (Å²) in [6, 6.07) is 8.07. The second-order valence-corrected chi connectivity index (χ2v) is 6.62. The fraction of sp³-hybridized carbons (Fsp3) is 0.533. The van der Waals surface area contributed by atoms with Crippen molar-refractivity contribution in [1.29, 1.82) is 0 Å². The zero-order valence-corrected chi connectivity index (χ0v) is 12.1. The Morgan fingerprint density at radius 2 is 2.00 bits per heavy atom. The lowest BCUT2D eigenvalue weighted by Crippen LogP contribution is -2.27. The predicted octanol–water partition coefficient (Wildman–Crippen LogP) is 4.39. The minimum Gasteiger partial charge on any atom is -0.299 e. The van der Waals surface area contributed by atoms with Crippen LogP contribution in [0.4, 0.5) is 0 Å². The van der Waals surface area contributed by atoms with Crippen molar-refractivity contribution in [3.63, 3.8) is 0 Å². The van der Waals surface area contributed by atoms with E-state index < -0.39 is 0 Å². The van der Waals surface area contributed by atoms with Gasteiger partial charge in [0.1, 0.15) is 5.78 Å². The van der Waals surface area contributed by atoms with Crippen LogP contribution in [0.3, 0.4) is 0 Å². The topological polar surface area (TPSA) is 17.1 Å². The van der Waals surface area contributed by atoms with Crippen LogP contribution in [0.15, 0.2) is 28.7 Å². The van der Waals surface area contributed by atoms with E-state index in [0.29, 0.717) is 12.2 Å². The standard InChI is InChI=1S/C15H19BrO/c1-15(2)9-3-4-13(15)14(17)10-11-5-7-12(16)8-6-11/h5-8,13H,3-4,9-10H2,1-2H3. The Balaban J connectivity index is 2.04. The van der Waals surface area contributed by atoms with E-state index in [9.17, 15) is 4.79 Å². The largest absolute Gasteiger partial charge is 0.299 e. The van der Waals surface area contributed by atoms with Crippen LogP contribution >= 0.6 is 15.9 Å². The molecule has 1 aromatic rings. The first-order chi connectivity index (χ1) is 7.99. The summed E-state index contributed by atoms with van der Waals surface area (Å²) >= 11 is 3.41. The van der Waals surface area contributed by atoms with Crippen molar-refractivity contribution in [1.82, 2.24) is 0 Å². The molecular formula is C15H19BrO. The monoisotopic (exact) mass is 294 g/mol. The molecule has 0 radical (unpaired) electrons. The molecule has 0 saturated heterocycles. The maximum atomic E-state index is 12.3. The third kappa shape index (κ3) is 2.98. The summed E-state index contributed by atoms with van der Waals surface area (Å²) in [7, 11) is 0. The number of ketones is 1. The zero-order valence-electron chi connectivity index (χ0n) is 10.5. The number of hydrogen-bond donors (Lipinski definition) is 0. The van der Waals surface area contributed by atoms with Crippen molar-refractivity contribution in [3.05, 3.63) is 34.3 Å². The molecule has 0 N–H and O–H groups in total. The number of rotatable bonds is 3. The van der Waals surface area contributed by atoms with Crippen LogP contribution in [0.5, 0.6) is 0 Å². The second kappa shape index (κ2) is 4.93. The fourth-order valence-corrected chi connectivity index (χ4v) is 3.11. The van der Waals surface area contributed by atoms with E-state index in [1.165, 1.54) is 12.8 Å². The zero-order chi connectivity index (χ0) is 12.5. The minimum atomic E-state index is 0.201. The molecule has 17 heavy (non-hydrogen) atoms. The van der Waals surface area contributed by atoms with Gasteiger partial charge in [0.25, 0.3) is 0 Å². The third-order valence-electron chi connectivity index (χ3n) is 3.94. The number of carbonyl (C=O) groups is 1. The van der Waals surface area contributed by atoms with Gasteiger partial charge < -0.3 is 0 Å². The molecule has 0 aromatic heterocycles. The number of carbonyl (C=O) groups excluding carboxylic acids is 1. The Labute approximate surface area is 112 Å². The van der Waals surface area contributed by atoms with Crippen molar-refractivity contribution >= 4 is 21.7 Å². The maximum Gasteiger partial charge on any atom is 0.140 e. The first-order valence-corrected chi connectivity index (χ1v) is 7.05. The first kappa shape index (κ1) is 12.8. The molecule has 1 aromatic carbocycles. The third-order valence-corrected chi connectivity index (χ3v) is 4.47. The van der Waals surface area contributed by atoms with Gasteiger partial charge in [-0.3, -0.25) is 4.79 Å². The van der Waals surface area contributed by atoms with E-state index in [2.05, 4.69) is 29.8 Å². The van der Waals surface area contributed by atoms with Crippen LogP contribution in [-0.2, 0) is 11.2 Å². The van der Waals surface area contributed by atoms with Crippen molar-refractivity contribution in [2.24, 2.45) is 11.3 Å². The van der Waals surface area contributed by atoms with Gasteiger partial charge in [0, 0.05) is 16.8 Å². The molecule has 1 aliphatic carbocycles. The number of hydrogen-bond acceptors (Lipinski definition) is 1. The van der Waals surface area contributed by atoms with Gasteiger partial charge in [-0.2, -0.15) is 0 Å². The van der Waals surface area contributed by atoms with Crippen molar-refractivity contribution in [2.45, 2.75) is 39.5 Å². The van der Waals surface area contributed by atoms with Crippen molar-refractivity contribution in [3.8, 4) is 0 Å². The second-order valence-electron chi connectivity index (χ2n) is 5.70. The summed E-state index contributed by atoms with van der Waals surface area (Å²) in [6.07, 6.45) is 4.04. The van der Waals surface area contributed by atoms with Gasteiger partial charge in [0.15, 0.2) is 0 Å². The summed E-state index contributed by atoms with van der Waals surface area (Å²) in [4.78, 5) is 12.3. The fourth-order valence-electron chi connectivity index (χ4n) is 2.85. The SMILES string of the molecule is CC1(C)CCCC1C(=O)Cc1ccc(Br)cc1. The molecule has 1 nitrogen and oxygen atoms in total. The molecule has 0 bridgehead atoms. The average molecular weight is 295 g/mol. The summed E-state index contributed by atoms with van der Waals surface area (Å²) in [5, 5.41) is 0. The van der Waals surface area contributed by atoms with E-state index in [1.807, 2.05) is 24.3 Å². The maximum absolute atomic E-state index is 12.3. The lowest BCUT2D eigenvalue weighted by atomic mass is 9.78.